The largest absolute Gasteiger partial charge is 0.394 e. The van der Waals surface area contributed by atoms with Crippen LogP contribution in [0.3, 0.4) is 0 Å². The summed E-state index contributed by atoms with van der Waals surface area (Å²) >= 11 is 0. The Balaban J connectivity index is 2.94. The Kier molecular flexibility index (Phi) is 4.67. The number of aliphatic hydroxyl groups is 1. The third-order valence-corrected chi connectivity index (χ3v) is 4.01. The zero-order valence-corrected chi connectivity index (χ0v) is 11.9. The molecule has 0 unspecified atom stereocenters. The second kappa shape index (κ2) is 5.68. The standard InChI is InChI=1S/C12H18N2O4S/c1-9(16)13-10-4-6-11(7-5-10)19(17,18)14-12(2,3)8-15/h4-7,14-15H,8H2,1-3H3,(H,13,16). The first kappa shape index (κ1) is 15.6. The molecule has 0 radical (unpaired) electrons. The van der Waals surface area contributed by atoms with Crippen LogP contribution in [0.1, 0.15) is 20.8 Å². The van der Waals surface area contributed by atoms with Gasteiger partial charge in [0.2, 0.25) is 15.9 Å². The van der Waals surface area contributed by atoms with Crippen LogP contribution < -0.4 is 10.0 Å². The fourth-order valence-electron chi connectivity index (χ4n) is 1.38. The van der Waals surface area contributed by atoms with Crippen molar-refractivity contribution in [2.45, 2.75) is 31.2 Å². The van der Waals surface area contributed by atoms with Gasteiger partial charge >= 0.3 is 0 Å². The molecule has 1 aromatic carbocycles. The van der Waals surface area contributed by atoms with Gasteiger partial charge in [-0.05, 0) is 38.1 Å². The first-order chi connectivity index (χ1) is 8.66. The number of hydrogen-bond donors (Lipinski definition) is 3. The van der Waals surface area contributed by atoms with E-state index in [9.17, 15) is 13.2 Å². The number of rotatable bonds is 5. The second-order valence-corrected chi connectivity index (χ2v) is 6.54. The Bertz CT molecular complexity index is 550. The molecule has 0 bridgehead atoms. The van der Waals surface area contributed by atoms with Gasteiger partial charge < -0.3 is 10.4 Å². The average molecular weight is 286 g/mol. The van der Waals surface area contributed by atoms with Crippen molar-refractivity contribution in [1.82, 2.24) is 4.72 Å². The minimum absolute atomic E-state index is 0.0723. The van der Waals surface area contributed by atoms with Crippen molar-refractivity contribution in [2.24, 2.45) is 0 Å². The first-order valence-corrected chi connectivity index (χ1v) is 7.17. The van der Waals surface area contributed by atoms with Crippen LogP contribution >= 0.6 is 0 Å². The summed E-state index contributed by atoms with van der Waals surface area (Å²) < 4.78 is 26.5. The summed E-state index contributed by atoms with van der Waals surface area (Å²) in [5.41, 5.74) is -0.414. The van der Waals surface area contributed by atoms with Crippen LogP contribution in [0, 0.1) is 0 Å². The van der Waals surface area contributed by atoms with E-state index in [0.29, 0.717) is 5.69 Å². The van der Waals surface area contributed by atoms with Crippen molar-refractivity contribution in [3.05, 3.63) is 24.3 Å². The van der Waals surface area contributed by atoms with E-state index in [4.69, 9.17) is 5.11 Å². The molecule has 3 N–H and O–H groups in total. The van der Waals surface area contributed by atoms with Crippen molar-refractivity contribution in [3.8, 4) is 0 Å². The Morgan fingerprint density at radius 3 is 2.21 bits per heavy atom. The summed E-state index contributed by atoms with van der Waals surface area (Å²) in [6.07, 6.45) is 0. The molecular formula is C12H18N2O4S. The zero-order chi connectivity index (χ0) is 14.7. The summed E-state index contributed by atoms with van der Waals surface area (Å²) in [4.78, 5) is 10.9. The van der Waals surface area contributed by atoms with Gasteiger partial charge in [0.1, 0.15) is 0 Å². The highest BCUT2D eigenvalue weighted by Crippen LogP contribution is 2.16. The molecule has 0 fully saturated rings. The summed E-state index contributed by atoms with van der Waals surface area (Å²) in [7, 11) is -3.70. The number of sulfonamides is 1. The Labute approximate surface area is 112 Å². The minimum atomic E-state index is -3.70. The molecule has 0 aliphatic carbocycles. The maximum Gasteiger partial charge on any atom is 0.241 e. The Morgan fingerprint density at radius 1 is 1.26 bits per heavy atom. The van der Waals surface area contributed by atoms with Gasteiger partial charge in [0, 0.05) is 12.6 Å². The molecule has 6 nitrogen and oxygen atoms in total. The molecule has 0 atom stereocenters. The van der Waals surface area contributed by atoms with E-state index in [2.05, 4.69) is 10.0 Å². The van der Waals surface area contributed by atoms with E-state index in [1.54, 1.807) is 13.8 Å². The topological polar surface area (TPSA) is 95.5 Å². The van der Waals surface area contributed by atoms with Crippen LogP contribution in [0.5, 0.6) is 0 Å². The molecule has 19 heavy (non-hydrogen) atoms. The van der Waals surface area contributed by atoms with Crippen molar-refractivity contribution < 1.29 is 18.3 Å². The van der Waals surface area contributed by atoms with Crippen LogP contribution in [-0.2, 0) is 14.8 Å². The molecular weight excluding hydrogens is 268 g/mol. The van der Waals surface area contributed by atoms with Gasteiger partial charge in [0.25, 0.3) is 0 Å². The number of hydrogen-bond acceptors (Lipinski definition) is 4. The predicted octanol–water partition coefficient (Wildman–Crippen LogP) is 0.694. The Morgan fingerprint density at radius 2 is 1.79 bits per heavy atom. The number of anilines is 1. The van der Waals surface area contributed by atoms with Crippen molar-refractivity contribution in [2.75, 3.05) is 11.9 Å². The molecule has 0 aliphatic heterocycles. The zero-order valence-electron chi connectivity index (χ0n) is 11.1. The highest BCUT2D eigenvalue weighted by Gasteiger charge is 2.25. The molecule has 0 aromatic heterocycles. The second-order valence-electron chi connectivity index (χ2n) is 4.85. The fraction of sp³-hybridized carbons (Fsp3) is 0.417. The number of carbonyl (C=O) groups excluding carboxylic acids is 1. The van der Waals surface area contributed by atoms with Crippen molar-refractivity contribution in [3.63, 3.8) is 0 Å². The third-order valence-electron chi connectivity index (χ3n) is 2.29. The maximum absolute atomic E-state index is 12.0. The van der Waals surface area contributed by atoms with Gasteiger partial charge in [0.05, 0.1) is 17.0 Å². The van der Waals surface area contributed by atoms with Gasteiger partial charge in [-0.1, -0.05) is 0 Å². The monoisotopic (exact) mass is 286 g/mol. The third kappa shape index (κ3) is 4.62. The highest BCUT2D eigenvalue weighted by molar-refractivity contribution is 7.89. The number of amides is 1. The maximum atomic E-state index is 12.0. The summed E-state index contributed by atoms with van der Waals surface area (Å²) in [6, 6.07) is 5.78. The van der Waals surface area contributed by atoms with Crippen molar-refractivity contribution >= 4 is 21.6 Å². The van der Waals surface area contributed by atoms with Crippen LogP contribution in [0.25, 0.3) is 0 Å². The van der Waals surface area contributed by atoms with E-state index in [0.717, 1.165) is 0 Å². The van der Waals surface area contributed by atoms with E-state index in [-0.39, 0.29) is 17.4 Å². The van der Waals surface area contributed by atoms with Crippen LogP contribution in [0.2, 0.25) is 0 Å². The molecule has 0 heterocycles. The lowest BCUT2D eigenvalue weighted by molar-refractivity contribution is -0.114. The van der Waals surface area contributed by atoms with E-state index >= 15 is 0 Å². The molecule has 7 heteroatoms. The van der Waals surface area contributed by atoms with Gasteiger partial charge in [-0.15, -0.1) is 0 Å². The number of benzene rings is 1. The summed E-state index contributed by atoms with van der Waals surface area (Å²) in [6.45, 7) is 4.22. The van der Waals surface area contributed by atoms with E-state index in [1.165, 1.54) is 31.2 Å². The quantitative estimate of drug-likeness (QED) is 0.742. The normalized spacial score (nSPS) is 12.2. The molecule has 106 valence electrons. The molecule has 1 rings (SSSR count). The van der Waals surface area contributed by atoms with Gasteiger partial charge in [0.15, 0.2) is 0 Å². The lowest BCUT2D eigenvalue weighted by Gasteiger charge is -2.23. The molecule has 1 aromatic rings. The number of aliphatic hydroxyl groups excluding tert-OH is 1. The van der Waals surface area contributed by atoms with E-state index in [1.807, 2.05) is 0 Å². The first-order valence-electron chi connectivity index (χ1n) is 5.69. The summed E-state index contributed by atoms with van der Waals surface area (Å²) in [5, 5.41) is 11.6. The van der Waals surface area contributed by atoms with Crippen molar-refractivity contribution in [1.29, 1.82) is 0 Å². The fourth-order valence-corrected chi connectivity index (χ4v) is 2.78. The highest BCUT2D eigenvalue weighted by atomic mass is 32.2. The van der Waals surface area contributed by atoms with Gasteiger partial charge in [-0.25, -0.2) is 13.1 Å². The van der Waals surface area contributed by atoms with Gasteiger partial charge in [-0.2, -0.15) is 0 Å². The molecule has 0 saturated heterocycles. The minimum Gasteiger partial charge on any atom is -0.394 e. The van der Waals surface area contributed by atoms with E-state index < -0.39 is 15.6 Å². The molecule has 0 spiro atoms. The van der Waals surface area contributed by atoms with Crippen LogP contribution in [-0.4, -0.2) is 31.6 Å². The average Bonchev–Trinajstić information content (AvgIpc) is 2.27. The van der Waals surface area contributed by atoms with Crippen LogP contribution in [0.4, 0.5) is 5.69 Å². The molecule has 1 amide bonds. The predicted molar refractivity (Wildman–Crippen MR) is 72.2 cm³/mol. The smallest absolute Gasteiger partial charge is 0.241 e. The SMILES string of the molecule is CC(=O)Nc1ccc(S(=O)(=O)NC(C)(C)CO)cc1. The number of carbonyl (C=O) groups is 1. The summed E-state index contributed by atoms with van der Waals surface area (Å²) in [5.74, 6) is -0.227. The molecule has 0 saturated carbocycles. The molecule has 0 aliphatic rings. The lowest BCUT2D eigenvalue weighted by Crippen LogP contribution is -2.46. The number of nitrogens with one attached hydrogen (secondary N) is 2. The Hall–Kier alpha value is -1.44. The lowest BCUT2D eigenvalue weighted by atomic mass is 10.1. The van der Waals surface area contributed by atoms with Crippen LogP contribution in [0.15, 0.2) is 29.2 Å². The van der Waals surface area contributed by atoms with Gasteiger partial charge in [-0.3, -0.25) is 4.79 Å².